The summed E-state index contributed by atoms with van der Waals surface area (Å²) < 4.78 is 5.89. The molecule has 3 atom stereocenters. The van der Waals surface area contributed by atoms with E-state index in [0.717, 1.165) is 31.2 Å². The molecule has 0 aromatic heterocycles. The van der Waals surface area contributed by atoms with E-state index >= 15 is 0 Å². The van der Waals surface area contributed by atoms with E-state index in [-0.39, 0.29) is 35.6 Å². The van der Waals surface area contributed by atoms with E-state index < -0.39 is 35.8 Å². The predicted octanol–water partition coefficient (Wildman–Crippen LogP) is 2.54. The molecule has 1 aliphatic carbocycles. The van der Waals surface area contributed by atoms with Gasteiger partial charge in [-0.3, -0.25) is 19.2 Å². The first-order chi connectivity index (χ1) is 18.6. The van der Waals surface area contributed by atoms with Crippen molar-refractivity contribution < 1.29 is 29.0 Å². The Hall–Kier alpha value is -4.08. The van der Waals surface area contributed by atoms with Gasteiger partial charge in [0.15, 0.2) is 0 Å². The third-order valence-corrected chi connectivity index (χ3v) is 7.13. The highest BCUT2D eigenvalue weighted by Crippen LogP contribution is 2.28. The summed E-state index contributed by atoms with van der Waals surface area (Å²) in [6.07, 6.45) is 4.18. The Balaban J connectivity index is 1.66. The van der Waals surface area contributed by atoms with Gasteiger partial charge in [0.2, 0.25) is 17.7 Å². The van der Waals surface area contributed by atoms with Gasteiger partial charge >= 0.3 is 0 Å². The average molecular weight is 537 g/mol. The van der Waals surface area contributed by atoms with E-state index in [2.05, 4.69) is 21.3 Å². The third kappa shape index (κ3) is 7.07. The number of fused-ring (bicyclic) bond motifs is 11. The number of carbonyl (C=O) groups is 4. The van der Waals surface area contributed by atoms with Gasteiger partial charge in [0.25, 0.3) is 5.91 Å². The van der Waals surface area contributed by atoms with Gasteiger partial charge in [-0.25, -0.2) is 0 Å². The summed E-state index contributed by atoms with van der Waals surface area (Å²) in [5.74, 6) is -1.78. The van der Waals surface area contributed by atoms with Gasteiger partial charge in [-0.1, -0.05) is 38.8 Å². The Labute approximate surface area is 227 Å². The van der Waals surface area contributed by atoms with Crippen LogP contribution in [0.4, 0.5) is 0 Å². The van der Waals surface area contributed by atoms with E-state index in [4.69, 9.17) is 4.74 Å². The minimum atomic E-state index is -0.983. The number of ether oxygens (including phenoxy) is 1. The molecule has 208 valence electrons. The van der Waals surface area contributed by atoms with Crippen molar-refractivity contribution in [2.75, 3.05) is 0 Å². The number of phenolic OH excluding ortho intramolecular Hbond substituents is 1. The minimum Gasteiger partial charge on any atom is -0.507 e. The van der Waals surface area contributed by atoms with Crippen molar-refractivity contribution in [2.45, 2.75) is 77.0 Å². The summed E-state index contributed by atoms with van der Waals surface area (Å²) in [6, 6.07) is 8.63. The Bertz CT molecular complexity index is 1220. The fourth-order valence-electron chi connectivity index (χ4n) is 4.83. The molecular weight excluding hydrogens is 500 g/mol. The molecule has 1 saturated carbocycles. The van der Waals surface area contributed by atoms with Crippen molar-refractivity contribution in [1.82, 2.24) is 21.3 Å². The molecule has 1 fully saturated rings. The van der Waals surface area contributed by atoms with Crippen LogP contribution in [0.3, 0.4) is 0 Å². The largest absolute Gasteiger partial charge is 0.507 e. The number of rotatable bonds is 3. The molecule has 2 aliphatic heterocycles. The van der Waals surface area contributed by atoms with Gasteiger partial charge in [0, 0.05) is 12.5 Å². The zero-order chi connectivity index (χ0) is 28.1. The van der Waals surface area contributed by atoms with Crippen LogP contribution in [0, 0.1) is 5.92 Å². The fourth-order valence-corrected chi connectivity index (χ4v) is 4.83. The van der Waals surface area contributed by atoms with Crippen LogP contribution in [0.1, 0.15) is 62.4 Å². The number of carbonyl (C=O) groups excluding carboxylic acids is 4. The van der Waals surface area contributed by atoms with Crippen molar-refractivity contribution in [1.29, 1.82) is 0 Å². The molecule has 2 aromatic carbocycles. The van der Waals surface area contributed by atoms with E-state index in [1.54, 1.807) is 38.1 Å². The van der Waals surface area contributed by atoms with Crippen molar-refractivity contribution in [3.63, 3.8) is 0 Å². The topological polar surface area (TPSA) is 146 Å². The number of nitrogens with one attached hydrogen (secondary N) is 4. The summed E-state index contributed by atoms with van der Waals surface area (Å²) >= 11 is 0. The third-order valence-electron chi connectivity index (χ3n) is 7.13. The predicted molar refractivity (Wildman–Crippen MR) is 144 cm³/mol. The summed E-state index contributed by atoms with van der Waals surface area (Å²) in [7, 11) is 0. The lowest BCUT2D eigenvalue weighted by Gasteiger charge is -2.26. The van der Waals surface area contributed by atoms with E-state index in [1.807, 2.05) is 0 Å². The summed E-state index contributed by atoms with van der Waals surface area (Å²) in [4.78, 5) is 52.5. The average Bonchev–Trinajstić information content (AvgIpc) is 3.41. The SMILES string of the molecule is CC(C)[C@@H]1NC(=O)c2cc(ccc2O)Oc2ccc(cc2)C[C@@H](C(=O)NC2CCCC2)NC(=O)[C@H](C)NC1=O. The van der Waals surface area contributed by atoms with Gasteiger partial charge in [-0.05, 0) is 61.6 Å². The Kier molecular flexibility index (Phi) is 8.73. The zero-order valence-corrected chi connectivity index (χ0v) is 22.5. The lowest BCUT2D eigenvalue weighted by Crippen LogP contribution is -2.57. The number of hydrogen-bond acceptors (Lipinski definition) is 6. The van der Waals surface area contributed by atoms with Gasteiger partial charge in [0.1, 0.15) is 35.4 Å². The summed E-state index contributed by atoms with van der Waals surface area (Å²) in [6.45, 7) is 5.04. The number of amides is 4. The summed E-state index contributed by atoms with van der Waals surface area (Å²) in [5.41, 5.74) is 0.753. The number of phenols is 1. The lowest BCUT2D eigenvalue weighted by atomic mass is 10.0. The lowest BCUT2D eigenvalue weighted by molar-refractivity contribution is -0.132. The van der Waals surface area contributed by atoms with Crippen LogP contribution in [0.2, 0.25) is 0 Å². The molecule has 2 heterocycles. The van der Waals surface area contributed by atoms with Crippen molar-refractivity contribution >= 4 is 23.6 Å². The molecule has 5 rings (SSSR count). The first-order valence-electron chi connectivity index (χ1n) is 13.4. The monoisotopic (exact) mass is 536 g/mol. The van der Waals surface area contributed by atoms with Gasteiger partial charge in [-0.15, -0.1) is 0 Å². The Morgan fingerprint density at radius 3 is 2.28 bits per heavy atom. The normalized spacial score (nSPS) is 22.8. The number of hydrogen-bond donors (Lipinski definition) is 5. The maximum Gasteiger partial charge on any atom is 0.255 e. The van der Waals surface area contributed by atoms with E-state index in [0.29, 0.717) is 11.5 Å². The maximum atomic E-state index is 13.2. The number of benzene rings is 2. The molecule has 0 saturated heterocycles. The number of aromatic hydroxyl groups is 1. The van der Waals surface area contributed by atoms with E-state index in [9.17, 15) is 24.3 Å². The van der Waals surface area contributed by atoms with Crippen molar-refractivity contribution in [3.05, 3.63) is 53.6 Å². The molecule has 0 spiro atoms. The highest BCUT2D eigenvalue weighted by Gasteiger charge is 2.31. The first-order valence-corrected chi connectivity index (χ1v) is 13.4. The first kappa shape index (κ1) is 27.9. The van der Waals surface area contributed by atoms with Gasteiger partial charge < -0.3 is 31.1 Å². The van der Waals surface area contributed by atoms with Crippen molar-refractivity contribution in [2.24, 2.45) is 5.92 Å². The van der Waals surface area contributed by atoms with Crippen LogP contribution < -0.4 is 26.0 Å². The minimum absolute atomic E-state index is 0.0504. The van der Waals surface area contributed by atoms with E-state index in [1.165, 1.54) is 25.1 Å². The quantitative estimate of drug-likeness (QED) is 0.381. The second-order valence-corrected chi connectivity index (χ2v) is 10.6. The molecule has 0 unspecified atom stereocenters. The smallest absolute Gasteiger partial charge is 0.255 e. The standard InChI is InChI=1S/C29H36N4O6/c1-16(2)25-29(38)30-17(3)26(35)32-23(28(37)31-19-6-4-5-7-19)14-18-8-10-20(11-9-18)39-21-12-13-24(34)22(15-21)27(36)33-25/h8-13,15-17,19,23,25,34H,4-7,14H2,1-3H3,(H,30,38)(H,31,37)(H,32,35)(H,33,36)/t17-,23-,25-/m0/s1. The second kappa shape index (κ2) is 12.2. The van der Waals surface area contributed by atoms with Crippen LogP contribution in [0.15, 0.2) is 42.5 Å². The molecule has 2 aromatic rings. The van der Waals surface area contributed by atoms with Crippen LogP contribution in [0.5, 0.6) is 17.2 Å². The Morgan fingerprint density at radius 2 is 1.62 bits per heavy atom. The molecule has 10 heteroatoms. The fraction of sp³-hybridized carbons (Fsp3) is 0.448. The maximum absolute atomic E-state index is 13.2. The Morgan fingerprint density at radius 1 is 0.949 bits per heavy atom. The highest BCUT2D eigenvalue weighted by molar-refractivity contribution is 6.00. The van der Waals surface area contributed by atoms with Crippen molar-refractivity contribution in [3.8, 4) is 17.2 Å². The zero-order valence-electron chi connectivity index (χ0n) is 22.5. The summed E-state index contributed by atoms with van der Waals surface area (Å²) in [5, 5.41) is 21.5. The molecule has 0 radical (unpaired) electrons. The molecule has 10 nitrogen and oxygen atoms in total. The molecular formula is C29H36N4O6. The molecule has 4 amide bonds. The van der Waals surface area contributed by atoms with Crippen LogP contribution >= 0.6 is 0 Å². The molecule has 5 N–H and O–H groups in total. The van der Waals surface area contributed by atoms with Crippen LogP contribution in [-0.2, 0) is 20.8 Å². The highest BCUT2D eigenvalue weighted by atomic mass is 16.5. The van der Waals surface area contributed by atoms with Gasteiger partial charge in [-0.2, -0.15) is 0 Å². The van der Waals surface area contributed by atoms with Gasteiger partial charge in [0.05, 0.1) is 5.56 Å². The van der Waals surface area contributed by atoms with Crippen LogP contribution in [-0.4, -0.2) is 52.9 Å². The second-order valence-electron chi connectivity index (χ2n) is 10.6. The molecule has 3 aliphatic rings. The molecule has 39 heavy (non-hydrogen) atoms. The molecule has 4 bridgehead atoms. The van der Waals surface area contributed by atoms with Crippen LogP contribution in [0.25, 0.3) is 0 Å².